The van der Waals surface area contributed by atoms with Crippen LogP contribution in [0.1, 0.15) is 25.8 Å². The summed E-state index contributed by atoms with van der Waals surface area (Å²) in [5, 5.41) is 2.84. The first-order valence-electron chi connectivity index (χ1n) is 7.01. The highest BCUT2D eigenvalue weighted by Crippen LogP contribution is 2.34. The summed E-state index contributed by atoms with van der Waals surface area (Å²) in [6.07, 6.45) is 1.76. The molecule has 6 heteroatoms. The zero-order valence-corrected chi connectivity index (χ0v) is 15.6. The molecule has 0 radical (unpaired) electrons. The lowest BCUT2D eigenvalue weighted by Crippen LogP contribution is -2.30. The lowest BCUT2D eigenvalue weighted by Gasteiger charge is -2.12. The first-order valence-corrected chi connectivity index (χ1v) is 8.60. The van der Waals surface area contributed by atoms with Crippen molar-refractivity contribution in [3.63, 3.8) is 0 Å². The van der Waals surface area contributed by atoms with Crippen molar-refractivity contribution in [3.8, 4) is 5.75 Å². The minimum absolute atomic E-state index is 0.00549. The van der Waals surface area contributed by atoms with Crippen LogP contribution in [0.2, 0.25) is 0 Å². The summed E-state index contributed by atoms with van der Waals surface area (Å²) in [6, 6.07) is 3.92. The second-order valence-corrected chi connectivity index (χ2v) is 6.96. The maximum Gasteiger partial charge on any atom is 0.257 e. The van der Waals surface area contributed by atoms with Crippen molar-refractivity contribution in [1.29, 1.82) is 0 Å². The van der Waals surface area contributed by atoms with Crippen molar-refractivity contribution < 1.29 is 9.53 Å². The van der Waals surface area contributed by atoms with Gasteiger partial charge in [-0.05, 0) is 74.9 Å². The third-order valence-corrected chi connectivity index (χ3v) is 4.06. The van der Waals surface area contributed by atoms with Crippen LogP contribution in [0.3, 0.4) is 0 Å². The molecule has 1 rings (SSSR count). The fraction of sp³-hybridized carbons (Fsp3) is 0.533. The maximum absolute atomic E-state index is 11.7. The summed E-state index contributed by atoms with van der Waals surface area (Å²) < 4.78 is 7.21. The number of ether oxygens (including phenoxy) is 1. The monoisotopic (exact) mass is 420 g/mol. The second-order valence-electron chi connectivity index (χ2n) is 5.25. The lowest BCUT2D eigenvalue weighted by molar-refractivity contribution is -0.123. The summed E-state index contributed by atoms with van der Waals surface area (Å²) in [6.45, 7) is 5.53. The highest BCUT2D eigenvalue weighted by Gasteiger charge is 2.11. The van der Waals surface area contributed by atoms with Crippen molar-refractivity contribution in [2.45, 2.75) is 26.7 Å². The Kier molecular flexibility index (Phi) is 8.29. The van der Waals surface area contributed by atoms with Crippen molar-refractivity contribution >= 4 is 37.8 Å². The van der Waals surface area contributed by atoms with E-state index < -0.39 is 0 Å². The van der Waals surface area contributed by atoms with Crippen LogP contribution in [0.25, 0.3) is 0 Å². The van der Waals surface area contributed by atoms with E-state index >= 15 is 0 Å². The van der Waals surface area contributed by atoms with Crippen LogP contribution in [0.5, 0.6) is 5.75 Å². The quantitative estimate of drug-likeness (QED) is 0.677. The predicted molar refractivity (Wildman–Crippen MR) is 92.6 cm³/mol. The van der Waals surface area contributed by atoms with E-state index in [0.29, 0.717) is 24.8 Å². The van der Waals surface area contributed by atoms with Crippen LogP contribution in [0.4, 0.5) is 0 Å². The molecule has 118 valence electrons. The molecule has 0 aliphatic heterocycles. The van der Waals surface area contributed by atoms with E-state index in [2.05, 4.69) is 51.0 Å². The van der Waals surface area contributed by atoms with Crippen LogP contribution < -0.4 is 15.8 Å². The van der Waals surface area contributed by atoms with Gasteiger partial charge in [0.15, 0.2) is 6.61 Å². The average molecular weight is 422 g/mol. The minimum atomic E-state index is -0.111. The van der Waals surface area contributed by atoms with Crippen molar-refractivity contribution in [2.75, 3.05) is 19.7 Å². The highest BCUT2D eigenvalue weighted by molar-refractivity contribution is 9.11. The zero-order chi connectivity index (χ0) is 15.8. The molecule has 0 fully saturated rings. The van der Waals surface area contributed by atoms with Gasteiger partial charge in [-0.15, -0.1) is 0 Å². The molecule has 4 nitrogen and oxygen atoms in total. The number of amides is 1. The van der Waals surface area contributed by atoms with E-state index in [4.69, 9.17) is 10.5 Å². The Bertz CT molecular complexity index is 456. The average Bonchev–Trinajstić information content (AvgIpc) is 2.37. The molecule has 0 spiro atoms. The normalized spacial score (nSPS) is 10.8. The summed E-state index contributed by atoms with van der Waals surface area (Å²) in [7, 11) is 0. The summed E-state index contributed by atoms with van der Waals surface area (Å²) >= 11 is 6.92. The van der Waals surface area contributed by atoms with Gasteiger partial charge in [0.1, 0.15) is 5.75 Å². The van der Waals surface area contributed by atoms with Gasteiger partial charge in [0, 0.05) is 6.54 Å². The number of benzene rings is 1. The van der Waals surface area contributed by atoms with Gasteiger partial charge >= 0.3 is 0 Å². The summed E-state index contributed by atoms with van der Waals surface area (Å²) in [4.78, 5) is 11.7. The van der Waals surface area contributed by atoms with Crippen molar-refractivity contribution in [3.05, 3.63) is 26.6 Å². The molecule has 0 aliphatic rings. The Hall–Kier alpha value is -0.590. The van der Waals surface area contributed by atoms with E-state index in [0.717, 1.165) is 27.4 Å². The molecular formula is C15H22Br2N2O2. The van der Waals surface area contributed by atoms with Gasteiger partial charge in [-0.25, -0.2) is 0 Å². The number of nitrogens with one attached hydrogen (secondary N) is 1. The summed E-state index contributed by atoms with van der Waals surface area (Å²) in [5.74, 6) is 1.10. The molecule has 1 aromatic carbocycles. The number of hydrogen-bond donors (Lipinski definition) is 2. The number of carbonyl (C=O) groups excluding carboxylic acids is 1. The van der Waals surface area contributed by atoms with E-state index in [1.54, 1.807) is 0 Å². The van der Waals surface area contributed by atoms with Gasteiger partial charge in [0.2, 0.25) is 0 Å². The van der Waals surface area contributed by atoms with Gasteiger partial charge in [-0.3, -0.25) is 4.79 Å². The van der Waals surface area contributed by atoms with Crippen LogP contribution >= 0.6 is 31.9 Å². The Morgan fingerprint density at radius 2 is 1.95 bits per heavy atom. The van der Waals surface area contributed by atoms with Gasteiger partial charge in [0.05, 0.1) is 8.95 Å². The molecule has 0 aromatic heterocycles. The predicted octanol–water partition coefficient (Wildman–Crippen LogP) is 3.25. The number of hydrogen-bond acceptors (Lipinski definition) is 3. The van der Waals surface area contributed by atoms with E-state index in [1.807, 2.05) is 12.1 Å². The molecular weight excluding hydrogens is 400 g/mol. The number of nitrogens with two attached hydrogens (primary N) is 1. The molecule has 3 N–H and O–H groups in total. The molecule has 0 saturated heterocycles. The van der Waals surface area contributed by atoms with Gasteiger partial charge < -0.3 is 15.8 Å². The number of carbonyl (C=O) groups is 1. The minimum Gasteiger partial charge on any atom is -0.481 e. The highest BCUT2D eigenvalue weighted by atomic mass is 79.9. The van der Waals surface area contributed by atoms with Crippen LogP contribution in [-0.2, 0) is 11.2 Å². The Balaban J connectivity index is 2.53. The third-order valence-electron chi connectivity index (χ3n) is 2.88. The first-order chi connectivity index (χ1) is 9.93. The Morgan fingerprint density at radius 3 is 2.48 bits per heavy atom. The second kappa shape index (κ2) is 9.43. The fourth-order valence-corrected chi connectivity index (χ4v) is 3.26. The molecule has 0 aliphatic carbocycles. The third kappa shape index (κ3) is 6.80. The van der Waals surface area contributed by atoms with E-state index in [1.165, 1.54) is 0 Å². The molecule has 0 saturated carbocycles. The molecule has 0 bridgehead atoms. The van der Waals surface area contributed by atoms with Crippen molar-refractivity contribution in [2.24, 2.45) is 11.7 Å². The SMILES string of the molecule is CC(C)CCNC(=O)COc1c(Br)cc(CCN)cc1Br. The molecule has 1 aromatic rings. The number of halogens is 2. The molecule has 21 heavy (non-hydrogen) atoms. The van der Waals surface area contributed by atoms with Crippen LogP contribution in [0.15, 0.2) is 21.1 Å². The smallest absolute Gasteiger partial charge is 0.257 e. The van der Waals surface area contributed by atoms with Crippen LogP contribution in [-0.4, -0.2) is 25.6 Å². The van der Waals surface area contributed by atoms with Gasteiger partial charge in [-0.1, -0.05) is 13.8 Å². The zero-order valence-electron chi connectivity index (χ0n) is 12.4. The first kappa shape index (κ1) is 18.5. The largest absolute Gasteiger partial charge is 0.481 e. The fourth-order valence-electron chi connectivity index (χ4n) is 1.75. The standard InChI is InChI=1S/C15H22Br2N2O2/c1-10(2)4-6-19-14(20)9-21-15-12(16)7-11(3-5-18)8-13(15)17/h7-8,10H,3-6,9,18H2,1-2H3,(H,19,20). The van der Waals surface area contributed by atoms with Crippen molar-refractivity contribution in [1.82, 2.24) is 5.32 Å². The van der Waals surface area contributed by atoms with E-state index in [-0.39, 0.29) is 12.5 Å². The molecule has 0 unspecified atom stereocenters. The summed E-state index contributed by atoms with van der Waals surface area (Å²) in [5.41, 5.74) is 6.67. The molecule has 0 atom stereocenters. The van der Waals surface area contributed by atoms with E-state index in [9.17, 15) is 4.79 Å². The van der Waals surface area contributed by atoms with Gasteiger partial charge in [-0.2, -0.15) is 0 Å². The topological polar surface area (TPSA) is 64.3 Å². The Morgan fingerprint density at radius 1 is 1.33 bits per heavy atom. The van der Waals surface area contributed by atoms with Gasteiger partial charge in [0.25, 0.3) is 5.91 Å². The number of rotatable bonds is 8. The van der Waals surface area contributed by atoms with Crippen LogP contribution in [0, 0.1) is 5.92 Å². The Labute approximate surface area is 143 Å². The molecule has 1 amide bonds. The molecule has 0 heterocycles. The lowest BCUT2D eigenvalue weighted by atomic mass is 10.1. The maximum atomic E-state index is 11.7.